The normalized spacial score (nSPS) is 48.3. The van der Waals surface area contributed by atoms with Crippen LogP contribution in [0.1, 0.15) is 96.8 Å². The lowest BCUT2D eigenvalue weighted by Gasteiger charge is -2.47. The Morgan fingerprint density at radius 1 is 0.921 bits per heavy atom. The molecule has 38 heavy (non-hydrogen) atoms. The fraction of sp³-hybridized carbons (Fsp3) is 0.794. The van der Waals surface area contributed by atoms with E-state index in [1.807, 2.05) is 0 Å². The van der Waals surface area contributed by atoms with Gasteiger partial charge in [0, 0.05) is 28.8 Å². The number of hydrogen-bond donors (Lipinski definition) is 1. The first-order valence-electron chi connectivity index (χ1n) is 16.2. The summed E-state index contributed by atoms with van der Waals surface area (Å²) in [4.78, 5) is 1.76. The van der Waals surface area contributed by atoms with Crippen LogP contribution in [0.3, 0.4) is 0 Å². The third-order valence-corrected chi connectivity index (χ3v) is 13.5. The lowest BCUT2D eigenvalue weighted by molar-refractivity contribution is 0.0195. The molecule has 1 saturated heterocycles. The van der Waals surface area contributed by atoms with Crippen molar-refractivity contribution in [2.45, 2.75) is 126 Å². The third-order valence-electron chi connectivity index (χ3n) is 11.9. The smallest absolute Gasteiger partial charge is 0.0944 e. The average molecular weight is 533 g/mol. The molecule has 12 atom stereocenters. The van der Waals surface area contributed by atoms with Crippen LogP contribution in [0, 0.1) is 52.8 Å². The largest absolute Gasteiger partial charge is 0.370 e. The van der Waals surface area contributed by atoms with Crippen LogP contribution in [0.4, 0.5) is 0 Å². The second-order valence-corrected chi connectivity index (χ2v) is 15.3. The van der Waals surface area contributed by atoms with Crippen molar-refractivity contribution in [2.24, 2.45) is 41.4 Å². The van der Waals surface area contributed by atoms with Crippen molar-refractivity contribution in [2.75, 3.05) is 0 Å². The summed E-state index contributed by atoms with van der Waals surface area (Å²) in [6, 6.07) is 3.68. The van der Waals surface area contributed by atoms with Crippen LogP contribution < -0.4 is 5.32 Å². The van der Waals surface area contributed by atoms with E-state index in [4.69, 9.17) is 4.74 Å². The van der Waals surface area contributed by atoms with Gasteiger partial charge in [0.25, 0.3) is 0 Å². The molecule has 0 bridgehead atoms. The molecule has 0 spiro atoms. The number of ether oxygens (including phenoxy) is 1. The van der Waals surface area contributed by atoms with E-state index in [0.29, 0.717) is 35.9 Å². The molecule has 12 unspecified atom stereocenters. The van der Waals surface area contributed by atoms with Crippen LogP contribution in [-0.2, 0) is 4.74 Å². The van der Waals surface area contributed by atoms with Crippen molar-refractivity contribution in [3.8, 4) is 6.07 Å². The average Bonchev–Trinajstić information content (AvgIpc) is 3.54. The van der Waals surface area contributed by atoms with Gasteiger partial charge in [0.05, 0.1) is 18.3 Å². The summed E-state index contributed by atoms with van der Waals surface area (Å²) < 4.78 is 6.63. The fourth-order valence-corrected chi connectivity index (χ4v) is 11.5. The first-order valence-corrected chi connectivity index (χ1v) is 17.1. The number of fused-ring (bicyclic) bond motifs is 4. The van der Waals surface area contributed by atoms with Gasteiger partial charge in [0.1, 0.15) is 0 Å². The Labute approximate surface area is 235 Å². The maximum Gasteiger partial charge on any atom is 0.0944 e. The maximum atomic E-state index is 9.40. The van der Waals surface area contributed by atoms with E-state index >= 15 is 0 Å². The van der Waals surface area contributed by atoms with E-state index in [2.05, 4.69) is 54.4 Å². The zero-order valence-corrected chi connectivity index (χ0v) is 24.2. The van der Waals surface area contributed by atoms with Gasteiger partial charge in [0.15, 0.2) is 0 Å². The highest BCUT2D eigenvalue weighted by molar-refractivity contribution is 8.04. The highest BCUT2D eigenvalue weighted by Crippen LogP contribution is 2.52. The molecule has 2 heterocycles. The topological polar surface area (TPSA) is 45.0 Å². The molecule has 206 valence electrons. The van der Waals surface area contributed by atoms with Crippen LogP contribution in [-0.4, -0.2) is 29.5 Å². The molecular weight excluding hydrogens is 484 g/mol. The Bertz CT molecular complexity index is 1010. The zero-order chi connectivity index (χ0) is 25.6. The van der Waals surface area contributed by atoms with Gasteiger partial charge in [-0.1, -0.05) is 44.4 Å². The van der Waals surface area contributed by atoms with E-state index in [0.717, 1.165) is 47.3 Å². The summed E-state index contributed by atoms with van der Waals surface area (Å²) in [6.45, 7) is 2.57. The number of hydrogen-bond acceptors (Lipinski definition) is 4. The molecule has 0 aromatic heterocycles. The molecular formula is C34H48N2OS. The molecule has 1 N–H and O–H groups in total. The summed E-state index contributed by atoms with van der Waals surface area (Å²) in [5.41, 5.74) is 0.951. The Kier molecular flexibility index (Phi) is 7.57. The Morgan fingerprint density at radius 3 is 2.71 bits per heavy atom. The van der Waals surface area contributed by atoms with Crippen molar-refractivity contribution in [3.05, 3.63) is 34.8 Å². The number of thioether (sulfide) groups is 1. The molecule has 5 aliphatic carbocycles. The number of rotatable bonds is 4. The van der Waals surface area contributed by atoms with Crippen LogP contribution in [0.2, 0.25) is 0 Å². The highest BCUT2D eigenvalue weighted by atomic mass is 32.2. The molecule has 0 aromatic rings. The predicted molar refractivity (Wildman–Crippen MR) is 156 cm³/mol. The lowest BCUT2D eigenvalue weighted by atomic mass is 9.64. The maximum absolute atomic E-state index is 9.40. The summed E-state index contributed by atoms with van der Waals surface area (Å²) in [7, 11) is 0. The summed E-state index contributed by atoms with van der Waals surface area (Å²) in [5.74, 6) is 5.48. The Hall–Kier alpha value is -1.02. The SMILES string of the molecule is CC1CCCCC1C1CC(C2=CC3C=CCCC3S2)CCC1NC1CCC2C(C1)OC1C=C(C#N)CCC12. The molecule has 3 nitrogen and oxygen atoms in total. The second kappa shape index (κ2) is 11.1. The highest BCUT2D eigenvalue weighted by Gasteiger charge is 2.48. The lowest BCUT2D eigenvalue weighted by Crippen LogP contribution is -2.51. The van der Waals surface area contributed by atoms with Crippen LogP contribution in [0.15, 0.2) is 34.8 Å². The standard InChI is InChI=1S/C34H48N2OS/c1-21-6-2-4-8-26(21)29-17-24(34-18-23-7-3-5-9-33(23)38-34)11-15-30(29)36-25-12-14-28-27-13-10-22(20-35)16-31(27)37-32(28)19-25/h3,7,16,18,21,23-33,36H,2,4-6,8-15,17,19H2,1H3. The van der Waals surface area contributed by atoms with Crippen molar-refractivity contribution < 1.29 is 4.74 Å². The first kappa shape index (κ1) is 25.9. The van der Waals surface area contributed by atoms with Crippen molar-refractivity contribution in [1.82, 2.24) is 5.32 Å². The Balaban J connectivity index is 1.03. The van der Waals surface area contributed by atoms with E-state index in [1.165, 1.54) is 77.0 Å². The van der Waals surface area contributed by atoms with Gasteiger partial charge in [0.2, 0.25) is 0 Å². The minimum atomic E-state index is 0.203. The van der Waals surface area contributed by atoms with Gasteiger partial charge in [-0.3, -0.25) is 0 Å². The second-order valence-electron chi connectivity index (χ2n) is 14.0. The molecule has 0 aromatic carbocycles. The molecule has 0 radical (unpaired) electrons. The molecule has 7 aliphatic rings. The minimum Gasteiger partial charge on any atom is -0.370 e. The van der Waals surface area contributed by atoms with E-state index in [-0.39, 0.29) is 6.10 Å². The monoisotopic (exact) mass is 532 g/mol. The molecule has 4 fully saturated rings. The molecule has 2 aliphatic heterocycles. The van der Waals surface area contributed by atoms with Crippen molar-refractivity contribution in [1.29, 1.82) is 5.26 Å². The quantitative estimate of drug-likeness (QED) is 0.373. The number of nitriles is 1. The first-order chi connectivity index (χ1) is 18.7. The van der Waals surface area contributed by atoms with Gasteiger partial charge < -0.3 is 10.1 Å². The van der Waals surface area contributed by atoms with Crippen LogP contribution in [0.5, 0.6) is 0 Å². The van der Waals surface area contributed by atoms with Crippen molar-refractivity contribution >= 4 is 11.8 Å². The number of nitrogens with one attached hydrogen (secondary N) is 1. The van der Waals surface area contributed by atoms with Gasteiger partial charge in [-0.25, -0.2) is 0 Å². The molecule has 4 heteroatoms. The van der Waals surface area contributed by atoms with E-state index < -0.39 is 0 Å². The summed E-state index contributed by atoms with van der Waals surface area (Å²) >= 11 is 2.26. The van der Waals surface area contributed by atoms with Crippen LogP contribution in [0.25, 0.3) is 0 Å². The number of nitrogens with zero attached hydrogens (tertiary/aromatic N) is 1. The summed E-state index contributed by atoms with van der Waals surface area (Å²) in [6.07, 6.45) is 28.8. The number of allylic oxidation sites excluding steroid dienone is 5. The van der Waals surface area contributed by atoms with Gasteiger partial charge >= 0.3 is 0 Å². The Morgan fingerprint density at radius 2 is 1.84 bits per heavy atom. The van der Waals surface area contributed by atoms with Gasteiger partial charge in [-0.05, 0) is 117 Å². The molecule has 7 rings (SSSR count). The predicted octanol–water partition coefficient (Wildman–Crippen LogP) is 7.95. The van der Waals surface area contributed by atoms with E-state index in [1.54, 1.807) is 4.91 Å². The molecule has 3 saturated carbocycles. The van der Waals surface area contributed by atoms with Crippen LogP contribution >= 0.6 is 11.8 Å². The summed E-state index contributed by atoms with van der Waals surface area (Å²) in [5, 5.41) is 14.5. The minimum absolute atomic E-state index is 0.203. The van der Waals surface area contributed by atoms with Gasteiger partial charge in [-0.15, -0.1) is 11.8 Å². The molecule has 0 amide bonds. The van der Waals surface area contributed by atoms with E-state index in [9.17, 15) is 5.26 Å². The van der Waals surface area contributed by atoms with Crippen molar-refractivity contribution in [3.63, 3.8) is 0 Å². The third kappa shape index (κ3) is 4.99. The zero-order valence-electron chi connectivity index (χ0n) is 23.4. The van der Waals surface area contributed by atoms with Gasteiger partial charge in [-0.2, -0.15) is 5.26 Å². The fourth-order valence-electron chi connectivity index (χ4n) is 9.93.